The number of hydrogen-bond acceptors (Lipinski definition) is 7. The van der Waals surface area contributed by atoms with Gasteiger partial charge in [0.25, 0.3) is 5.19 Å². The van der Waals surface area contributed by atoms with Gasteiger partial charge in [-0.3, -0.25) is 9.59 Å². The fraction of sp³-hybridized carbons (Fsp3) is 0.227. The number of carbonyl (C=O) groups excluding carboxylic acids is 2. The van der Waals surface area contributed by atoms with Crippen molar-refractivity contribution >= 4 is 38.9 Å². The Kier molecular flexibility index (Phi) is 5.07. The quantitative estimate of drug-likeness (QED) is 0.371. The Labute approximate surface area is 171 Å². The third kappa shape index (κ3) is 3.49. The highest BCUT2D eigenvalue weighted by molar-refractivity contribution is 7.20. The van der Waals surface area contributed by atoms with Crippen molar-refractivity contribution in [2.45, 2.75) is 26.2 Å². The normalized spacial score (nSPS) is 14.3. The summed E-state index contributed by atoms with van der Waals surface area (Å²) in [7, 11) is 1.57. The molecular formula is C22H19NO5S. The summed E-state index contributed by atoms with van der Waals surface area (Å²) in [5.41, 5.74) is 1.68. The molecule has 3 aromatic rings. The van der Waals surface area contributed by atoms with Gasteiger partial charge in [0, 0.05) is 18.4 Å². The molecule has 29 heavy (non-hydrogen) atoms. The first-order valence-electron chi connectivity index (χ1n) is 9.20. The predicted octanol–water partition coefficient (Wildman–Crippen LogP) is 5.00. The number of Topliss-reactive ketones (excluding diaryl/α,β-unsaturated/α-hetero) is 2. The molecule has 4 rings (SSSR count). The molecule has 0 unspecified atom stereocenters. The molecular weight excluding hydrogens is 390 g/mol. The average molecular weight is 409 g/mol. The number of para-hydroxylation sites is 2. The summed E-state index contributed by atoms with van der Waals surface area (Å²) in [6, 6.07) is 10.8. The standard InChI is InChI=1S/C22H19NO5S/c1-12-13(21(26)19-14(24)6-5-7-15(19)25)10-11-18-20(12)23-22(29-18)28-17-9-4-3-8-16(17)27-2/h3-4,8-11,26H,5-7H2,1-2H3. The van der Waals surface area contributed by atoms with E-state index in [0.29, 0.717) is 39.8 Å². The van der Waals surface area contributed by atoms with Crippen LogP contribution in [0.4, 0.5) is 0 Å². The van der Waals surface area contributed by atoms with E-state index in [9.17, 15) is 14.7 Å². The SMILES string of the molecule is COc1ccccc1Oc1nc2c(C)c(C(O)=C3C(=O)CCCC3=O)ccc2s1. The van der Waals surface area contributed by atoms with Crippen LogP contribution in [-0.4, -0.2) is 28.8 Å². The summed E-state index contributed by atoms with van der Waals surface area (Å²) >= 11 is 1.36. The largest absolute Gasteiger partial charge is 0.506 e. The lowest BCUT2D eigenvalue weighted by molar-refractivity contribution is -0.123. The number of aromatic nitrogens is 1. The molecule has 1 aliphatic carbocycles. The third-order valence-corrected chi connectivity index (χ3v) is 5.82. The molecule has 1 heterocycles. The number of aliphatic hydroxyl groups excluding tert-OH is 1. The van der Waals surface area contributed by atoms with Crippen LogP contribution in [0.5, 0.6) is 16.7 Å². The second-order valence-electron chi connectivity index (χ2n) is 6.74. The minimum Gasteiger partial charge on any atom is -0.506 e. The number of carbonyl (C=O) groups is 2. The van der Waals surface area contributed by atoms with E-state index in [1.54, 1.807) is 38.3 Å². The van der Waals surface area contributed by atoms with Crippen molar-refractivity contribution in [1.29, 1.82) is 0 Å². The van der Waals surface area contributed by atoms with E-state index in [2.05, 4.69) is 4.98 Å². The fourth-order valence-electron chi connectivity index (χ4n) is 3.42. The highest BCUT2D eigenvalue weighted by Crippen LogP contribution is 2.38. The Bertz CT molecular complexity index is 1140. The number of allylic oxidation sites excluding steroid dienone is 1. The van der Waals surface area contributed by atoms with Gasteiger partial charge in [0.05, 0.1) is 17.3 Å². The van der Waals surface area contributed by atoms with E-state index in [1.165, 1.54) is 11.3 Å². The number of fused-ring (bicyclic) bond motifs is 1. The first kappa shape index (κ1) is 19.1. The molecule has 1 N–H and O–H groups in total. The van der Waals surface area contributed by atoms with Gasteiger partial charge < -0.3 is 14.6 Å². The van der Waals surface area contributed by atoms with Crippen LogP contribution in [0.25, 0.3) is 16.0 Å². The van der Waals surface area contributed by atoms with Crippen LogP contribution in [0.15, 0.2) is 42.0 Å². The summed E-state index contributed by atoms with van der Waals surface area (Å²) in [4.78, 5) is 28.9. The number of thiazole rings is 1. The molecule has 1 aromatic heterocycles. The highest BCUT2D eigenvalue weighted by Gasteiger charge is 2.28. The van der Waals surface area contributed by atoms with Gasteiger partial charge in [-0.25, -0.2) is 4.98 Å². The van der Waals surface area contributed by atoms with Gasteiger partial charge >= 0.3 is 0 Å². The molecule has 0 radical (unpaired) electrons. The molecule has 0 spiro atoms. The lowest BCUT2D eigenvalue weighted by Crippen LogP contribution is -2.20. The molecule has 0 saturated heterocycles. The van der Waals surface area contributed by atoms with E-state index < -0.39 is 0 Å². The van der Waals surface area contributed by atoms with E-state index >= 15 is 0 Å². The maximum Gasteiger partial charge on any atom is 0.279 e. The van der Waals surface area contributed by atoms with Gasteiger partial charge in [-0.1, -0.05) is 23.5 Å². The zero-order valence-corrected chi connectivity index (χ0v) is 16.8. The molecule has 1 fully saturated rings. The zero-order valence-electron chi connectivity index (χ0n) is 16.0. The second-order valence-corrected chi connectivity index (χ2v) is 7.73. The van der Waals surface area contributed by atoms with Gasteiger partial charge in [-0.15, -0.1) is 0 Å². The van der Waals surface area contributed by atoms with Gasteiger partial charge in [-0.2, -0.15) is 0 Å². The zero-order chi connectivity index (χ0) is 20.5. The van der Waals surface area contributed by atoms with Crippen LogP contribution in [0.3, 0.4) is 0 Å². The number of methoxy groups -OCH3 is 1. The van der Waals surface area contributed by atoms with E-state index in [4.69, 9.17) is 9.47 Å². The third-order valence-electron chi connectivity index (χ3n) is 4.92. The van der Waals surface area contributed by atoms with Gasteiger partial charge in [-0.05, 0) is 43.2 Å². The predicted molar refractivity (Wildman–Crippen MR) is 111 cm³/mol. The maximum absolute atomic E-state index is 12.2. The van der Waals surface area contributed by atoms with Gasteiger partial charge in [0.2, 0.25) is 0 Å². The number of ketones is 2. The van der Waals surface area contributed by atoms with Crippen molar-refractivity contribution in [3.63, 3.8) is 0 Å². The summed E-state index contributed by atoms with van der Waals surface area (Å²) < 4.78 is 12.1. The van der Waals surface area contributed by atoms with Crippen LogP contribution < -0.4 is 9.47 Å². The van der Waals surface area contributed by atoms with Crippen molar-refractivity contribution < 1.29 is 24.2 Å². The Hall–Kier alpha value is -3.19. The van der Waals surface area contributed by atoms with Crippen LogP contribution in [0.1, 0.15) is 30.4 Å². The molecule has 148 valence electrons. The van der Waals surface area contributed by atoms with E-state index in [-0.39, 0.29) is 35.7 Å². The Morgan fingerprint density at radius 1 is 1.07 bits per heavy atom. The molecule has 0 atom stereocenters. The lowest BCUT2D eigenvalue weighted by atomic mass is 9.89. The number of aryl methyl sites for hydroxylation is 1. The van der Waals surface area contributed by atoms with Crippen molar-refractivity contribution in [3.8, 4) is 16.7 Å². The second kappa shape index (κ2) is 7.67. The molecule has 2 aromatic carbocycles. The summed E-state index contributed by atoms with van der Waals surface area (Å²) in [6.45, 7) is 1.80. The van der Waals surface area contributed by atoms with Gasteiger partial charge in [0.1, 0.15) is 11.3 Å². The Morgan fingerprint density at radius 3 is 2.45 bits per heavy atom. The van der Waals surface area contributed by atoms with Gasteiger partial charge in [0.15, 0.2) is 23.1 Å². The maximum atomic E-state index is 12.2. The molecule has 7 heteroatoms. The molecule has 1 aliphatic rings. The number of hydrogen-bond donors (Lipinski definition) is 1. The lowest BCUT2D eigenvalue weighted by Gasteiger charge is -2.15. The first-order chi connectivity index (χ1) is 14.0. The van der Waals surface area contributed by atoms with Crippen LogP contribution in [-0.2, 0) is 9.59 Å². The topological polar surface area (TPSA) is 85.7 Å². The number of ether oxygens (including phenoxy) is 2. The number of nitrogens with zero attached hydrogens (tertiary/aromatic N) is 1. The molecule has 0 bridgehead atoms. The molecule has 0 amide bonds. The fourth-order valence-corrected chi connectivity index (χ4v) is 4.30. The monoisotopic (exact) mass is 409 g/mol. The van der Waals surface area contributed by atoms with Crippen LogP contribution in [0.2, 0.25) is 0 Å². The smallest absolute Gasteiger partial charge is 0.279 e. The summed E-state index contributed by atoms with van der Waals surface area (Å²) in [5, 5.41) is 11.1. The van der Waals surface area contributed by atoms with E-state index in [1.807, 2.05) is 12.1 Å². The van der Waals surface area contributed by atoms with Crippen molar-refractivity contribution in [1.82, 2.24) is 4.98 Å². The van der Waals surface area contributed by atoms with Crippen molar-refractivity contribution in [2.24, 2.45) is 0 Å². The first-order valence-corrected chi connectivity index (χ1v) is 10.0. The Morgan fingerprint density at radius 2 is 1.76 bits per heavy atom. The highest BCUT2D eigenvalue weighted by atomic mass is 32.1. The number of aliphatic hydroxyl groups is 1. The van der Waals surface area contributed by atoms with Crippen LogP contribution >= 0.6 is 11.3 Å². The molecule has 1 saturated carbocycles. The Balaban J connectivity index is 1.75. The van der Waals surface area contributed by atoms with E-state index in [0.717, 1.165) is 4.70 Å². The summed E-state index contributed by atoms with van der Waals surface area (Å²) in [5.74, 6) is 0.268. The number of benzene rings is 2. The molecule has 0 aliphatic heterocycles. The minimum absolute atomic E-state index is 0.0978. The van der Waals surface area contributed by atoms with Crippen LogP contribution in [0, 0.1) is 6.92 Å². The minimum atomic E-state index is -0.309. The average Bonchev–Trinajstić information content (AvgIpc) is 3.12. The molecule has 6 nitrogen and oxygen atoms in total. The van der Waals surface area contributed by atoms with Crippen molar-refractivity contribution in [2.75, 3.05) is 7.11 Å². The van der Waals surface area contributed by atoms with Crippen molar-refractivity contribution in [3.05, 3.63) is 53.1 Å². The summed E-state index contributed by atoms with van der Waals surface area (Å²) in [6.07, 6.45) is 1.09. The number of rotatable bonds is 4.